The molecule has 5 heteroatoms. The number of fused-ring (bicyclic) bond motifs is 2. The van der Waals surface area contributed by atoms with Gasteiger partial charge in [0.2, 0.25) is 0 Å². The monoisotopic (exact) mass is 300 g/mol. The molecule has 0 fully saturated rings. The van der Waals surface area contributed by atoms with Crippen molar-refractivity contribution in [3.05, 3.63) is 59.7 Å². The summed E-state index contributed by atoms with van der Waals surface area (Å²) in [5.41, 5.74) is 0.220. The summed E-state index contributed by atoms with van der Waals surface area (Å²) >= 11 is 7.85. The predicted octanol–water partition coefficient (Wildman–Crippen LogP) is 5.05. The molecule has 0 unspecified atom stereocenters. The smallest absolute Gasteiger partial charge is 0.196 e. The molecule has 3 rings (SSSR count). The predicted molar refractivity (Wildman–Crippen MR) is 78.0 cm³/mol. The van der Waals surface area contributed by atoms with E-state index in [1.807, 2.05) is 0 Å². The molecule has 1 aliphatic rings. The van der Waals surface area contributed by atoms with Crippen molar-refractivity contribution in [1.29, 1.82) is 0 Å². The maximum Gasteiger partial charge on any atom is 0.300 e. The van der Waals surface area contributed by atoms with Crippen molar-refractivity contribution in [3.63, 3.8) is 0 Å². The fraction of sp³-hybridized carbons (Fsp3) is 0.0769. The van der Waals surface area contributed by atoms with E-state index >= 15 is 0 Å². The largest absolute Gasteiger partial charge is 0.300 e. The number of alkyl halides is 2. The van der Waals surface area contributed by atoms with Gasteiger partial charge in [0.1, 0.15) is 0 Å². The molecule has 1 heterocycles. The lowest BCUT2D eigenvalue weighted by atomic mass is 10.00. The lowest BCUT2D eigenvalue weighted by Crippen LogP contribution is -2.20. The summed E-state index contributed by atoms with van der Waals surface area (Å²) < 4.78 is 28.4. The fourth-order valence-corrected chi connectivity index (χ4v) is 3.04. The van der Waals surface area contributed by atoms with Crippen LogP contribution in [0.5, 0.6) is 0 Å². The van der Waals surface area contributed by atoms with Gasteiger partial charge in [-0.2, -0.15) is 8.78 Å². The zero-order chi connectivity index (χ0) is 13.2. The minimum atomic E-state index is -2.88. The van der Waals surface area contributed by atoms with Crippen molar-refractivity contribution in [2.75, 3.05) is 0 Å². The number of thiol groups is 2. The number of hydrogen-bond acceptors (Lipinski definition) is 3. The number of halogens is 2. The van der Waals surface area contributed by atoms with Crippen LogP contribution in [0.15, 0.2) is 58.3 Å². The van der Waals surface area contributed by atoms with Crippen LogP contribution in [0.25, 0.3) is 0 Å². The first kappa shape index (κ1) is 13.8. The van der Waals surface area contributed by atoms with Gasteiger partial charge < -0.3 is 0 Å². The number of rotatable bonds is 0. The SMILES string of the molecule is FC1(F)c2ccccc2Sc2ccccc21.SS. The van der Waals surface area contributed by atoms with E-state index in [-0.39, 0.29) is 11.1 Å². The first-order valence-electron chi connectivity index (χ1n) is 5.14. The molecule has 0 nitrogen and oxygen atoms in total. The summed E-state index contributed by atoms with van der Waals surface area (Å²) in [5.74, 6) is -2.88. The van der Waals surface area contributed by atoms with Crippen LogP contribution in [-0.2, 0) is 5.92 Å². The molecular formula is C13H10F2S3. The van der Waals surface area contributed by atoms with E-state index in [0.717, 1.165) is 0 Å². The molecule has 0 spiro atoms. The standard InChI is InChI=1S/C13H8F2S.H2S2/c14-13(15)9-5-1-3-7-11(9)16-12-8-4-2-6-10(12)13;1-2/h1-8H;1-2H. The molecule has 0 atom stereocenters. The van der Waals surface area contributed by atoms with E-state index in [0.29, 0.717) is 9.79 Å². The number of hydrogen-bond donors (Lipinski definition) is 2. The molecule has 0 aromatic heterocycles. The summed E-state index contributed by atoms with van der Waals surface area (Å²) in [6.07, 6.45) is 0. The Morgan fingerprint density at radius 1 is 0.778 bits per heavy atom. The Labute approximate surface area is 119 Å². The lowest BCUT2D eigenvalue weighted by molar-refractivity contribution is 0.0358. The highest BCUT2D eigenvalue weighted by molar-refractivity contribution is 8.59. The third kappa shape index (κ3) is 2.27. The maximum absolute atomic E-state index is 14.2. The average molecular weight is 300 g/mol. The van der Waals surface area contributed by atoms with Crippen LogP contribution < -0.4 is 0 Å². The highest BCUT2D eigenvalue weighted by atomic mass is 33.1. The second-order valence-corrected chi connectivity index (χ2v) is 4.75. The van der Waals surface area contributed by atoms with Gasteiger partial charge in [0.15, 0.2) is 0 Å². The first-order valence-corrected chi connectivity index (χ1v) is 7.56. The fourth-order valence-electron chi connectivity index (χ4n) is 1.89. The Morgan fingerprint density at radius 2 is 1.17 bits per heavy atom. The van der Waals surface area contributed by atoms with Gasteiger partial charge in [0.25, 0.3) is 0 Å². The Bertz CT molecular complexity index is 508. The van der Waals surface area contributed by atoms with Crippen LogP contribution in [0, 0.1) is 0 Å². The Morgan fingerprint density at radius 3 is 1.61 bits per heavy atom. The zero-order valence-corrected chi connectivity index (χ0v) is 11.8. The van der Waals surface area contributed by atoms with Crippen molar-refractivity contribution in [2.45, 2.75) is 15.7 Å². The van der Waals surface area contributed by atoms with Crippen LogP contribution >= 0.6 is 35.1 Å². The van der Waals surface area contributed by atoms with Crippen LogP contribution in [-0.4, -0.2) is 0 Å². The van der Waals surface area contributed by atoms with Gasteiger partial charge in [-0.25, -0.2) is 0 Å². The van der Waals surface area contributed by atoms with E-state index < -0.39 is 5.92 Å². The van der Waals surface area contributed by atoms with Gasteiger partial charge in [0.05, 0.1) is 0 Å². The van der Waals surface area contributed by atoms with Crippen LogP contribution in [0.4, 0.5) is 8.78 Å². The van der Waals surface area contributed by atoms with E-state index in [4.69, 9.17) is 0 Å². The van der Waals surface area contributed by atoms with E-state index in [2.05, 4.69) is 23.3 Å². The lowest BCUT2D eigenvalue weighted by Gasteiger charge is -2.27. The molecule has 0 amide bonds. The summed E-state index contributed by atoms with van der Waals surface area (Å²) in [7, 11) is 0. The average Bonchev–Trinajstić information content (AvgIpc) is 2.41. The molecule has 0 aliphatic carbocycles. The van der Waals surface area contributed by atoms with Crippen LogP contribution in [0.1, 0.15) is 11.1 Å². The highest BCUT2D eigenvalue weighted by Crippen LogP contribution is 2.50. The van der Waals surface area contributed by atoms with Gasteiger partial charge in [-0.15, -0.1) is 23.3 Å². The molecule has 2 aromatic carbocycles. The molecule has 18 heavy (non-hydrogen) atoms. The van der Waals surface area contributed by atoms with E-state index in [9.17, 15) is 8.78 Å². The molecule has 0 bridgehead atoms. The minimum Gasteiger partial charge on any atom is -0.196 e. The quantitative estimate of drug-likeness (QED) is 0.507. The molecule has 1 aliphatic heterocycles. The Kier molecular flexibility index (Phi) is 4.25. The van der Waals surface area contributed by atoms with Crippen molar-refractivity contribution in [3.8, 4) is 0 Å². The molecule has 94 valence electrons. The van der Waals surface area contributed by atoms with Gasteiger partial charge in [-0.05, 0) is 12.1 Å². The normalized spacial score (nSPS) is 14.9. The van der Waals surface area contributed by atoms with E-state index in [1.165, 1.54) is 23.9 Å². The highest BCUT2D eigenvalue weighted by Gasteiger charge is 2.41. The zero-order valence-electron chi connectivity index (χ0n) is 9.18. The molecule has 0 N–H and O–H groups in total. The molecule has 0 saturated carbocycles. The number of benzene rings is 2. The summed E-state index contributed by atoms with van der Waals surface area (Å²) in [6, 6.07) is 13.4. The van der Waals surface area contributed by atoms with Crippen molar-refractivity contribution >= 4 is 35.1 Å². The third-order valence-corrected chi connectivity index (χ3v) is 3.82. The third-order valence-electron chi connectivity index (χ3n) is 2.67. The Hall–Kier alpha value is -0.650. The van der Waals surface area contributed by atoms with E-state index in [1.54, 1.807) is 36.4 Å². The van der Waals surface area contributed by atoms with Crippen molar-refractivity contribution < 1.29 is 8.78 Å². The summed E-state index contributed by atoms with van der Waals surface area (Å²) in [4.78, 5) is 1.29. The Balaban J connectivity index is 0.000000574. The van der Waals surface area contributed by atoms with Gasteiger partial charge in [-0.1, -0.05) is 48.2 Å². The van der Waals surface area contributed by atoms with Crippen molar-refractivity contribution in [2.24, 2.45) is 0 Å². The van der Waals surface area contributed by atoms with Gasteiger partial charge in [-0.3, -0.25) is 0 Å². The first-order chi connectivity index (χ1) is 8.69. The molecule has 0 saturated heterocycles. The topological polar surface area (TPSA) is 0 Å². The molecular weight excluding hydrogens is 290 g/mol. The summed E-state index contributed by atoms with van der Waals surface area (Å²) in [6.45, 7) is 0. The molecule has 0 radical (unpaired) electrons. The van der Waals surface area contributed by atoms with Crippen molar-refractivity contribution in [1.82, 2.24) is 0 Å². The van der Waals surface area contributed by atoms with Gasteiger partial charge >= 0.3 is 5.92 Å². The van der Waals surface area contributed by atoms with Crippen LogP contribution in [0.2, 0.25) is 0 Å². The second kappa shape index (κ2) is 5.55. The second-order valence-electron chi connectivity index (χ2n) is 3.67. The van der Waals surface area contributed by atoms with Crippen LogP contribution in [0.3, 0.4) is 0 Å². The molecule has 2 aromatic rings. The maximum atomic E-state index is 14.2. The summed E-state index contributed by atoms with van der Waals surface area (Å²) in [5, 5.41) is 0. The van der Waals surface area contributed by atoms with Gasteiger partial charge in [0, 0.05) is 20.9 Å². The minimum absolute atomic E-state index is 0.110.